The standard InChI is InChI=1S/C17H19N4/c1-2-3-5-10-16-18-11-15-13-21(20-17(15)19-16)12-14-8-6-4-7-9-14/h4,6-9,13H,2-3,5,10,12H2,1H3. The van der Waals surface area contributed by atoms with E-state index in [-0.39, 0.29) is 0 Å². The molecule has 0 amide bonds. The zero-order valence-electron chi connectivity index (χ0n) is 12.3. The van der Waals surface area contributed by atoms with Crippen LogP contribution in [0.15, 0.2) is 36.5 Å². The van der Waals surface area contributed by atoms with Crippen molar-refractivity contribution in [2.75, 3.05) is 0 Å². The van der Waals surface area contributed by atoms with Crippen molar-refractivity contribution >= 4 is 11.0 Å². The van der Waals surface area contributed by atoms with Gasteiger partial charge in [0.15, 0.2) is 5.65 Å². The van der Waals surface area contributed by atoms with Gasteiger partial charge in [0.05, 0.1) is 11.9 Å². The van der Waals surface area contributed by atoms with E-state index in [4.69, 9.17) is 0 Å². The topological polar surface area (TPSA) is 43.6 Å². The smallest absolute Gasteiger partial charge is 0.185 e. The molecule has 3 aromatic rings. The summed E-state index contributed by atoms with van der Waals surface area (Å²) >= 11 is 0. The van der Waals surface area contributed by atoms with Crippen molar-refractivity contribution in [1.29, 1.82) is 0 Å². The molecule has 0 aliphatic rings. The van der Waals surface area contributed by atoms with Gasteiger partial charge in [-0.1, -0.05) is 50.1 Å². The normalized spacial score (nSPS) is 11.1. The summed E-state index contributed by atoms with van der Waals surface area (Å²) in [5, 5.41) is 5.41. The fraction of sp³-hybridized carbons (Fsp3) is 0.353. The second kappa shape index (κ2) is 6.48. The largest absolute Gasteiger partial charge is 0.265 e. The Labute approximate surface area is 124 Å². The molecule has 4 heteroatoms. The predicted molar refractivity (Wildman–Crippen MR) is 82.9 cm³/mol. The fourth-order valence-corrected chi connectivity index (χ4v) is 2.34. The zero-order valence-corrected chi connectivity index (χ0v) is 12.3. The predicted octanol–water partition coefficient (Wildman–Crippen LogP) is 3.41. The van der Waals surface area contributed by atoms with Gasteiger partial charge in [-0.2, -0.15) is 5.10 Å². The Morgan fingerprint density at radius 2 is 2.00 bits per heavy atom. The molecule has 0 aliphatic carbocycles. The van der Waals surface area contributed by atoms with Crippen molar-refractivity contribution in [1.82, 2.24) is 19.7 Å². The van der Waals surface area contributed by atoms with Gasteiger partial charge in [0.1, 0.15) is 12.0 Å². The van der Waals surface area contributed by atoms with Crippen molar-refractivity contribution in [3.05, 3.63) is 54.1 Å². The van der Waals surface area contributed by atoms with Crippen LogP contribution in [-0.2, 0) is 13.0 Å². The Kier molecular flexibility index (Phi) is 4.24. The summed E-state index contributed by atoms with van der Waals surface area (Å²) in [5.41, 5.74) is 1.97. The van der Waals surface area contributed by atoms with E-state index in [1.165, 1.54) is 18.4 Å². The molecule has 0 saturated carbocycles. The summed E-state index contributed by atoms with van der Waals surface area (Å²) in [5.74, 6) is 0.848. The maximum atomic E-state index is 4.54. The van der Waals surface area contributed by atoms with Crippen molar-refractivity contribution in [3.63, 3.8) is 0 Å². The molecule has 0 bridgehead atoms. The molecule has 0 unspecified atom stereocenters. The number of hydrogen-bond donors (Lipinski definition) is 0. The lowest BCUT2D eigenvalue weighted by Gasteiger charge is -2.00. The van der Waals surface area contributed by atoms with Gasteiger partial charge >= 0.3 is 0 Å². The molecule has 3 rings (SSSR count). The highest BCUT2D eigenvalue weighted by molar-refractivity contribution is 5.71. The highest BCUT2D eigenvalue weighted by Crippen LogP contribution is 2.11. The van der Waals surface area contributed by atoms with Crippen molar-refractivity contribution in [2.24, 2.45) is 0 Å². The zero-order chi connectivity index (χ0) is 14.5. The summed E-state index contributed by atoms with van der Waals surface area (Å²) in [4.78, 5) is 8.84. The van der Waals surface area contributed by atoms with E-state index in [0.717, 1.165) is 36.2 Å². The van der Waals surface area contributed by atoms with Gasteiger partial charge in [-0.05, 0) is 12.0 Å². The maximum Gasteiger partial charge on any atom is 0.185 e. The first kappa shape index (κ1) is 13.7. The third-order valence-electron chi connectivity index (χ3n) is 3.47. The summed E-state index contributed by atoms with van der Waals surface area (Å²) in [7, 11) is 0. The molecule has 2 heterocycles. The van der Waals surface area contributed by atoms with Crippen molar-refractivity contribution in [3.8, 4) is 0 Å². The molecule has 107 valence electrons. The molecule has 21 heavy (non-hydrogen) atoms. The van der Waals surface area contributed by atoms with Crippen molar-refractivity contribution < 1.29 is 0 Å². The number of hydrogen-bond acceptors (Lipinski definition) is 3. The summed E-state index contributed by atoms with van der Waals surface area (Å²) in [6.07, 6.45) is 9.47. The quantitative estimate of drug-likeness (QED) is 0.649. The van der Waals surface area contributed by atoms with Crippen LogP contribution in [0.1, 0.15) is 37.6 Å². The van der Waals surface area contributed by atoms with Crippen LogP contribution >= 0.6 is 0 Å². The second-order valence-electron chi connectivity index (χ2n) is 5.26. The summed E-state index contributed by atoms with van der Waals surface area (Å²) < 4.78 is 1.90. The van der Waals surface area contributed by atoms with Crippen LogP contribution in [0.5, 0.6) is 0 Å². The Bertz CT molecular complexity index is 703. The molecule has 0 spiro atoms. The SMILES string of the molecule is CCCCCc1n[c]c2cn(Cc3ccccc3)nc2n1. The summed E-state index contributed by atoms with van der Waals surface area (Å²) in [6.45, 7) is 2.94. The highest BCUT2D eigenvalue weighted by Gasteiger charge is 2.06. The molecule has 0 N–H and O–H groups in total. The van der Waals surface area contributed by atoms with Crippen molar-refractivity contribution in [2.45, 2.75) is 39.2 Å². The van der Waals surface area contributed by atoms with Crippen LogP contribution in [0.25, 0.3) is 11.0 Å². The minimum atomic E-state index is 0.743. The van der Waals surface area contributed by atoms with Crippen LogP contribution in [0.2, 0.25) is 0 Å². The van der Waals surface area contributed by atoms with Gasteiger partial charge in [0.25, 0.3) is 0 Å². The van der Waals surface area contributed by atoms with E-state index in [2.05, 4.69) is 40.3 Å². The Balaban J connectivity index is 1.76. The van der Waals surface area contributed by atoms with Gasteiger partial charge in [0, 0.05) is 12.6 Å². The second-order valence-corrected chi connectivity index (χ2v) is 5.26. The van der Waals surface area contributed by atoms with E-state index >= 15 is 0 Å². The number of rotatable bonds is 6. The average Bonchev–Trinajstić information content (AvgIpc) is 2.90. The van der Waals surface area contributed by atoms with Crippen LogP contribution in [0.3, 0.4) is 0 Å². The van der Waals surface area contributed by atoms with Gasteiger partial charge in [0.2, 0.25) is 0 Å². The van der Waals surface area contributed by atoms with Crippen LogP contribution in [0.4, 0.5) is 0 Å². The first-order valence-corrected chi connectivity index (χ1v) is 7.51. The Hall–Kier alpha value is -2.23. The van der Waals surface area contributed by atoms with E-state index in [1.807, 2.05) is 29.1 Å². The molecular formula is C17H19N4. The number of unbranched alkanes of at least 4 members (excludes halogenated alkanes) is 2. The summed E-state index contributed by atoms with van der Waals surface area (Å²) in [6, 6.07) is 10.3. The van der Waals surface area contributed by atoms with Crippen LogP contribution in [0, 0.1) is 6.20 Å². The lowest BCUT2D eigenvalue weighted by molar-refractivity contribution is 0.685. The number of benzene rings is 1. The van der Waals surface area contributed by atoms with Gasteiger partial charge in [-0.25, -0.2) is 9.97 Å². The molecule has 2 aromatic heterocycles. The third kappa shape index (κ3) is 3.45. The van der Waals surface area contributed by atoms with Gasteiger partial charge < -0.3 is 0 Å². The molecule has 0 atom stereocenters. The maximum absolute atomic E-state index is 4.54. The van der Waals surface area contributed by atoms with E-state index in [1.54, 1.807) is 0 Å². The van der Waals surface area contributed by atoms with E-state index < -0.39 is 0 Å². The highest BCUT2D eigenvalue weighted by atomic mass is 15.3. The molecule has 4 nitrogen and oxygen atoms in total. The lowest BCUT2D eigenvalue weighted by atomic mass is 10.2. The first-order chi connectivity index (χ1) is 10.3. The monoisotopic (exact) mass is 279 g/mol. The Morgan fingerprint density at radius 1 is 1.14 bits per heavy atom. The number of nitrogens with zero attached hydrogens (tertiary/aromatic N) is 4. The minimum Gasteiger partial charge on any atom is -0.265 e. The molecule has 0 aliphatic heterocycles. The fourth-order valence-electron chi connectivity index (χ4n) is 2.34. The van der Waals surface area contributed by atoms with Gasteiger partial charge in [-0.15, -0.1) is 0 Å². The first-order valence-electron chi connectivity index (χ1n) is 7.51. The molecule has 1 aromatic carbocycles. The lowest BCUT2D eigenvalue weighted by Crippen LogP contribution is -2.00. The van der Waals surface area contributed by atoms with Gasteiger partial charge in [-0.3, -0.25) is 4.68 Å². The number of fused-ring (bicyclic) bond motifs is 1. The number of aryl methyl sites for hydroxylation is 1. The molecule has 0 saturated heterocycles. The van der Waals surface area contributed by atoms with E-state index in [0.29, 0.717) is 0 Å². The molecule has 1 radical (unpaired) electrons. The third-order valence-corrected chi connectivity index (χ3v) is 3.47. The molecule has 0 fully saturated rings. The van der Waals surface area contributed by atoms with Crippen LogP contribution < -0.4 is 0 Å². The van der Waals surface area contributed by atoms with E-state index in [9.17, 15) is 0 Å². The molecular weight excluding hydrogens is 260 g/mol. The Morgan fingerprint density at radius 3 is 2.81 bits per heavy atom. The number of aromatic nitrogens is 4. The average molecular weight is 279 g/mol. The van der Waals surface area contributed by atoms with Crippen LogP contribution in [-0.4, -0.2) is 19.7 Å². The minimum absolute atomic E-state index is 0.743.